The van der Waals surface area contributed by atoms with Crippen LogP contribution in [0.25, 0.3) is 0 Å². The first-order valence-electron chi connectivity index (χ1n) is 12.0. The molecular formula is C23H26Br4N10O2. The summed E-state index contributed by atoms with van der Waals surface area (Å²) in [5.74, 6) is -0.0982. The summed E-state index contributed by atoms with van der Waals surface area (Å²) in [7, 11) is 1.81. The molecule has 2 amide bonds. The van der Waals surface area contributed by atoms with Crippen LogP contribution in [-0.2, 0) is 13.5 Å². The van der Waals surface area contributed by atoms with Gasteiger partial charge in [-0.25, -0.2) is 4.98 Å². The molecule has 208 valence electrons. The maximum absolute atomic E-state index is 13.2. The molecule has 1 aliphatic carbocycles. The summed E-state index contributed by atoms with van der Waals surface area (Å²) in [6.45, 7) is 1.18. The van der Waals surface area contributed by atoms with E-state index in [4.69, 9.17) is 11.5 Å². The minimum absolute atomic E-state index is 0.0514. The van der Waals surface area contributed by atoms with Gasteiger partial charge in [-0.05, 0) is 94.1 Å². The normalized spacial score (nSPS) is 22.2. The van der Waals surface area contributed by atoms with Crippen LogP contribution in [0.3, 0.4) is 0 Å². The van der Waals surface area contributed by atoms with E-state index in [1.807, 2.05) is 7.05 Å². The highest BCUT2D eigenvalue weighted by Gasteiger charge is 2.44. The highest BCUT2D eigenvalue weighted by Crippen LogP contribution is 2.41. The molecule has 3 aromatic heterocycles. The summed E-state index contributed by atoms with van der Waals surface area (Å²) in [6.07, 6.45) is 0.597. The zero-order valence-electron chi connectivity index (χ0n) is 20.6. The molecule has 12 nitrogen and oxygen atoms in total. The van der Waals surface area contributed by atoms with Crippen molar-refractivity contribution in [1.82, 2.24) is 35.5 Å². The molecule has 0 fully saturated rings. The number of fused-ring (bicyclic) bond motifs is 1. The molecule has 3 aromatic rings. The van der Waals surface area contributed by atoms with E-state index in [1.165, 1.54) is 0 Å². The fraction of sp³-hybridized carbons (Fsp3) is 0.391. The van der Waals surface area contributed by atoms with Crippen molar-refractivity contribution in [2.75, 3.05) is 25.4 Å². The molecule has 2 aliphatic rings. The number of nitrogens with two attached hydrogens (primary N) is 2. The first kappa shape index (κ1) is 28.2. The number of aromatic nitrogens is 4. The van der Waals surface area contributed by atoms with Gasteiger partial charge in [0.25, 0.3) is 11.8 Å². The quantitative estimate of drug-likeness (QED) is 0.193. The standard InChI is InChI=1S/C23H26Br4N10O2/c1-37-15(4-11(25)19(37)27)21(39)30-5-8-2-12-17(36-23(29)34-12)16(14-7-32-22(28)35-14)9(8)6-31-20(38)13-3-10(24)18(26)33-13/h3-4,8-9,14,16,33H,2,5-7H2,1H3,(H,30,39)(H,31,38)(H3,28,32,35)(H3,29,34,36). The minimum atomic E-state index is -0.246. The van der Waals surface area contributed by atoms with Crippen molar-refractivity contribution in [2.24, 2.45) is 29.6 Å². The number of guanidine groups is 1. The molecule has 16 heteroatoms. The Morgan fingerprint density at radius 1 is 1.08 bits per heavy atom. The molecule has 0 spiro atoms. The maximum atomic E-state index is 13.2. The second-order valence-corrected chi connectivity index (χ2v) is 12.9. The van der Waals surface area contributed by atoms with E-state index in [2.05, 4.69) is 99.6 Å². The number of aliphatic imine (C=N–C) groups is 1. The molecule has 0 aromatic carbocycles. The average molecular weight is 794 g/mol. The van der Waals surface area contributed by atoms with Crippen LogP contribution in [0, 0.1) is 11.8 Å². The van der Waals surface area contributed by atoms with Gasteiger partial charge in [-0.3, -0.25) is 14.6 Å². The monoisotopic (exact) mass is 790 g/mol. The van der Waals surface area contributed by atoms with Gasteiger partial charge in [0, 0.05) is 31.7 Å². The third-order valence-electron chi connectivity index (χ3n) is 7.24. The van der Waals surface area contributed by atoms with Gasteiger partial charge in [-0.1, -0.05) is 0 Å². The third-order valence-corrected chi connectivity index (χ3v) is 11.1. The lowest BCUT2D eigenvalue weighted by Crippen LogP contribution is -2.50. The lowest BCUT2D eigenvalue weighted by molar-refractivity contribution is 0.0896. The predicted molar refractivity (Wildman–Crippen MR) is 162 cm³/mol. The van der Waals surface area contributed by atoms with Gasteiger partial charge in [0.05, 0.1) is 36.4 Å². The second-order valence-electron chi connectivity index (χ2n) is 9.61. The van der Waals surface area contributed by atoms with E-state index in [0.717, 1.165) is 24.9 Å². The van der Waals surface area contributed by atoms with Crippen LogP contribution in [0.15, 0.2) is 35.3 Å². The largest absolute Gasteiger partial charge is 0.370 e. The molecule has 0 saturated carbocycles. The molecule has 1 aliphatic heterocycles. The molecule has 4 heterocycles. The minimum Gasteiger partial charge on any atom is -0.370 e. The molecule has 4 unspecified atom stereocenters. The van der Waals surface area contributed by atoms with Crippen LogP contribution in [0.2, 0.25) is 0 Å². The average Bonchev–Trinajstić information content (AvgIpc) is 3.64. The number of aromatic amines is 2. The van der Waals surface area contributed by atoms with Crippen LogP contribution in [0.4, 0.5) is 5.95 Å². The highest BCUT2D eigenvalue weighted by atomic mass is 79.9. The molecule has 5 rings (SSSR count). The Balaban J connectivity index is 1.41. The van der Waals surface area contributed by atoms with Crippen molar-refractivity contribution in [3.05, 3.63) is 53.1 Å². The van der Waals surface area contributed by atoms with E-state index in [9.17, 15) is 9.59 Å². The molecule has 0 saturated heterocycles. The van der Waals surface area contributed by atoms with Crippen molar-refractivity contribution in [3.63, 3.8) is 0 Å². The van der Waals surface area contributed by atoms with Crippen molar-refractivity contribution < 1.29 is 9.59 Å². The summed E-state index contributed by atoms with van der Waals surface area (Å²) >= 11 is 13.7. The Kier molecular flexibility index (Phi) is 8.18. The number of hydrogen-bond acceptors (Lipinski definition) is 7. The Morgan fingerprint density at radius 3 is 2.44 bits per heavy atom. The topological polar surface area (TPSA) is 184 Å². The molecule has 4 atom stereocenters. The third kappa shape index (κ3) is 5.65. The first-order chi connectivity index (χ1) is 18.5. The van der Waals surface area contributed by atoms with Crippen molar-refractivity contribution in [1.29, 1.82) is 0 Å². The smallest absolute Gasteiger partial charge is 0.267 e. The van der Waals surface area contributed by atoms with Crippen LogP contribution in [-0.4, -0.2) is 63.0 Å². The van der Waals surface area contributed by atoms with Crippen LogP contribution in [0.5, 0.6) is 0 Å². The van der Waals surface area contributed by atoms with E-state index < -0.39 is 0 Å². The van der Waals surface area contributed by atoms with Crippen LogP contribution < -0.4 is 27.4 Å². The van der Waals surface area contributed by atoms with Gasteiger partial charge in [0.2, 0.25) is 0 Å². The van der Waals surface area contributed by atoms with Gasteiger partial charge in [0.1, 0.15) is 11.4 Å². The molecule has 0 radical (unpaired) electrons. The number of H-pyrrole nitrogens is 2. The zero-order chi connectivity index (χ0) is 28.0. The number of carbonyl (C=O) groups excluding carboxylic acids is 2. The number of anilines is 1. The lowest BCUT2D eigenvalue weighted by atomic mass is 9.69. The van der Waals surface area contributed by atoms with Crippen molar-refractivity contribution >= 4 is 87.4 Å². The van der Waals surface area contributed by atoms with Crippen molar-refractivity contribution in [2.45, 2.75) is 18.4 Å². The summed E-state index contributed by atoms with van der Waals surface area (Å²) < 4.78 is 4.77. The Hall–Kier alpha value is -2.30. The number of hydrogen-bond donors (Lipinski definition) is 7. The van der Waals surface area contributed by atoms with Gasteiger partial charge >= 0.3 is 0 Å². The lowest BCUT2D eigenvalue weighted by Gasteiger charge is -2.40. The fourth-order valence-corrected chi connectivity index (χ4v) is 6.82. The van der Waals surface area contributed by atoms with E-state index >= 15 is 0 Å². The van der Waals surface area contributed by atoms with Crippen LogP contribution >= 0.6 is 63.7 Å². The Bertz CT molecular complexity index is 1440. The number of halogens is 4. The SMILES string of the molecule is Cn1c(C(=O)NCC2Cc3[nH]c(N)nc3C(C3CN=C(N)N3)C2CNC(=O)c2cc(Br)c(Br)[nH]2)cc(Br)c1Br. The maximum Gasteiger partial charge on any atom is 0.267 e. The van der Waals surface area contributed by atoms with Gasteiger partial charge in [0.15, 0.2) is 11.9 Å². The second kappa shape index (κ2) is 11.3. The molecular weight excluding hydrogens is 768 g/mol. The number of nitrogens with zero attached hydrogens (tertiary/aromatic N) is 3. The van der Waals surface area contributed by atoms with Gasteiger partial charge < -0.3 is 42.0 Å². The molecule has 9 N–H and O–H groups in total. The Morgan fingerprint density at radius 2 is 1.82 bits per heavy atom. The predicted octanol–water partition coefficient (Wildman–Crippen LogP) is 2.73. The number of rotatable bonds is 7. The number of nitrogens with one attached hydrogen (secondary N) is 5. The van der Waals surface area contributed by atoms with E-state index in [-0.39, 0.29) is 35.6 Å². The van der Waals surface area contributed by atoms with Gasteiger partial charge in [-0.15, -0.1) is 0 Å². The van der Waals surface area contributed by atoms with E-state index in [1.54, 1.807) is 16.7 Å². The van der Waals surface area contributed by atoms with Crippen LogP contribution in [0.1, 0.15) is 38.3 Å². The zero-order valence-corrected chi connectivity index (χ0v) is 27.0. The first-order valence-corrected chi connectivity index (χ1v) is 15.2. The number of nitrogen functional groups attached to an aromatic ring is 1. The summed E-state index contributed by atoms with van der Waals surface area (Å²) in [6, 6.07) is 3.34. The number of amides is 2. The van der Waals surface area contributed by atoms with Crippen molar-refractivity contribution in [3.8, 4) is 0 Å². The summed E-state index contributed by atoms with van der Waals surface area (Å²) in [4.78, 5) is 41.4. The van der Waals surface area contributed by atoms with E-state index in [0.29, 0.717) is 54.0 Å². The molecule has 0 bridgehead atoms. The molecule has 39 heavy (non-hydrogen) atoms. The fourth-order valence-electron chi connectivity index (χ4n) is 5.38. The number of imidazole rings is 1. The summed E-state index contributed by atoms with van der Waals surface area (Å²) in [5, 5.41) is 9.43. The summed E-state index contributed by atoms with van der Waals surface area (Å²) in [5.41, 5.74) is 14.7. The van der Waals surface area contributed by atoms with Gasteiger partial charge in [-0.2, -0.15) is 0 Å². The Labute approximate surface area is 257 Å². The highest BCUT2D eigenvalue weighted by molar-refractivity contribution is 9.13. The number of carbonyl (C=O) groups is 2.